The monoisotopic (exact) mass is 180 g/mol. The largest absolute Gasteiger partial charge is 0.396 e. The molecule has 0 bridgehead atoms. The molecular weight excluding hydrogens is 164 g/mol. The van der Waals surface area contributed by atoms with Crippen LogP contribution in [0.5, 0.6) is 0 Å². The van der Waals surface area contributed by atoms with Crippen LogP contribution >= 0.6 is 0 Å². The van der Waals surface area contributed by atoms with E-state index in [2.05, 4.69) is 5.10 Å². The minimum atomic E-state index is 0.299. The summed E-state index contributed by atoms with van der Waals surface area (Å²) in [5.41, 5.74) is 0.299. The Bertz CT molecular complexity index is 252. The molecule has 1 saturated carbocycles. The average molecular weight is 180 g/mol. The van der Waals surface area contributed by atoms with Crippen molar-refractivity contribution in [2.75, 3.05) is 6.61 Å². The Balaban J connectivity index is 1.70. The number of aliphatic hydroxyl groups excluding tert-OH is 1. The Morgan fingerprint density at radius 3 is 2.85 bits per heavy atom. The molecule has 0 amide bonds. The Kier molecular flexibility index (Phi) is 2.36. The first-order valence-electron chi connectivity index (χ1n) is 4.93. The van der Waals surface area contributed by atoms with E-state index in [1.165, 1.54) is 12.8 Å². The topological polar surface area (TPSA) is 38.0 Å². The van der Waals surface area contributed by atoms with Gasteiger partial charge in [-0.25, -0.2) is 0 Å². The van der Waals surface area contributed by atoms with Crippen LogP contribution in [0.3, 0.4) is 0 Å². The van der Waals surface area contributed by atoms with Crippen molar-refractivity contribution in [3.63, 3.8) is 0 Å². The van der Waals surface area contributed by atoms with Crippen molar-refractivity contribution in [2.24, 2.45) is 5.41 Å². The first kappa shape index (κ1) is 8.75. The molecule has 3 nitrogen and oxygen atoms in total. The molecule has 2 rings (SSSR count). The van der Waals surface area contributed by atoms with Crippen molar-refractivity contribution < 1.29 is 5.11 Å². The normalized spacial score (nSPS) is 18.8. The predicted molar refractivity (Wildman–Crippen MR) is 50.2 cm³/mol. The molecule has 13 heavy (non-hydrogen) atoms. The summed E-state index contributed by atoms with van der Waals surface area (Å²) in [6.07, 6.45) is 8.48. The Hall–Kier alpha value is -0.830. The molecule has 0 aromatic carbocycles. The zero-order valence-corrected chi connectivity index (χ0v) is 7.82. The molecule has 0 aliphatic heterocycles. The van der Waals surface area contributed by atoms with E-state index in [9.17, 15) is 0 Å². The van der Waals surface area contributed by atoms with Crippen LogP contribution in [0.15, 0.2) is 18.5 Å². The molecule has 0 atom stereocenters. The van der Waals surface area contributed by atoms with E-state index in [-0.39, 0.29) is 0 Å². The molecule has 0 radical (unpaired) electrons. The second-order valence-electron chi connectivity index (χ2n) is 4.03. The van der Waals surface area contributed by atoms with Crippen LogP contribution < -0.4 is 0 Å². The van der Waals surface area contributed by atoms with Gasteiger partial charge in [-0.05, 0) is 37.2 Å². The maximum atomic E-state index is 9.09. The van der Waals surface area contributed by atoms with Gasteiger partial charge in [0.1, 0.15) is 0 Å². The predicted octanol–water partition coefficient (Wildman–Crippen LogP) is 1.44. The van der Waals surface area contributed by atoms with E-state index in [0.717, 1.165) is 19.4 Å². The highest BCUT2D eigenvalue weighted by atomic mass is 16.3. The second kappa shape index (κ2) is 3.50. The van der Waals surface area contributed by atoms with E-state index < -0.39 is 0 Å². The number of nitrogens with zero attached hydrogens (tertiary/aromatic N) is 2. The van der Waals surface area contributed by atoms with Crippen LogP contribution in [0.4, 0.5) is 0 Å². The van der Waals surface area contributed by atoms with Gasteiger partial charge in [-0.1, -0.05) is 0 Å². The van der Waals surface area contributed by atoms with Crippen molar-refractivity contribution in [3.8, 4) is 0 Å². The van der Waals surface area contributed by atoms with Crippen LogP contribution in [0.25, 0.3) is 0 Å². The lowest BCUT2D eigenvalue weighted by atomic mass is 10.0. The Morgan fingerprint density at radius 1 is 1.46 bits per heavy atom. The third-order valence-electron chi connectivity index (χ3n) is 2.95. The molecule has 1 heterocycles. The summed E-state index contributed by atoms with van der Waals surface area (Å²) >= 11 is 0. The number of aliphatic hydroxyl groups is 1. The lowest BCUT2D eigenvalue weighted by Gasteiger charge is -2.10. The molecule has 1 N–H and O–H groups in total. The zero-order valence-electron chi connectivity index (χ0n) is 7.82. The molecule has 1 aromatic rings. The summed E-state index contributed by atoms with van der Waals surface area (Å²) in [5, 5.41) is 13.2. The molecule has 1 fully saturated rings. The van der Waals surface area contributed by atoms with Gasteiger partial charge in [0, 0.05) is 25.5 Å². The summed E-state index contributed by atoms with van der Waals surface area (Å²) in [6, 6.07) is 1.94. The van der Waals surface area contributed by atoms with E-state index >= 15 is 0 Å². The fraction of sp³-hybridized carbons (Fsp3) is 0.700. The molecule has 0 unspecified atom stereocenters. The van der Waals surface area contributed by atoms with Crippen LogP contribution in [0.1, 0.15) is 25.7 Å². The lowest BCUT2D eigenvalue weighted by Crippen LogP contribution is -2.08. The Labute approximate surface area is 78.4 Å². The highest BCUT2D eigenvalue weighted by Gasteiger charge is 2.40. The summed E-state index contributed by atoms with van der Waals surface area (Å²) in [5.74, 6) is 0. The number of hydrogen-bond acceptors (Lipinski definition) is 2. The van der Waals surface area contributed by atoms with Crippen molar-refractivity contribution in [3.05, 3.63) is 18.5 Å². The lowest BCUT2D eigenvalue weighted by molar-refractivity contribution is 0.198. The minimum absolute atomic E-state index is 0.299. The average Bonchev–Trinajstić information content (AvgIpc) is 2.74. The maximum Gasteiger partial charge on any atom is 0.0489 e. The zero-order chi connectivity index (χ0) is 9.15. The molecule has 0 saturated heterocycles. The van der Waals surface area contributed by atoms with Crippen LogP contribution in [-0.4, -0.2) is 21.5 Å². The van der Waals surface area contributed by atoms with Crippen molar-refractivity contribution in [1.29, 1.82) is 0 Å². The van der Waals surface area contributed by atoms with Gasteiger partial charge in [-0.2, -0.15) is 5.10 Å². The van der Waals surface area contributed by atoms with Crippen molar-refractivity contribution in [2.45, 2.75) is 32.2 Å². The summed E-state index contributed by atoms with van der Waals surface area (Å²) in [7, 11) is 0. The minimum Gasteiger partial charge on any atom is -0.396 e. The van der Waals surface area contributed by atoms with Gasteiger partial charge >= 0.3 is 0 Å². The van der Waals surface area contributed by atoms with E-state index in [4.69, 9.17) is 5.11 Å². The molecule has 1 aliphatic carbocycles. The maximum absolute atomic E-state index is 9.09. The van der Waals surface area contributed by atoms with E-state index in [0.29, 0.717) is 12.0 Å². The smallest absolute Gasteiger partial charge is 0.0489 e. The van der Waals surface area contributed by atoms with Gasteiger partial charge in [0.25, 0.3) is 0 Å². The number of aromatic nitrogens is 2. The van der Waals surface area contributed by atoms with Crippen LogP contribution in [-0.2, 0) is 6.54 Å². The number of rotatable bonds is 5. The molecule has 1 aromatic heterocycles. The number of hydrogen-bond donors (Lipinski definition) is 1. The summed E-state index contributed by atoms with van der Waals surface area (Å²) < 4.78 is 1.95. The van der Waals surface area contributed by atoms with E-state index in [1.54, 1.807) is 6.20 Å². The van der Waals surface area contributed by atoms with Gasteiger partial charge in [0.15, 0.2) is 0 Å². The summed E-state index contributed by atoms with van der Waals surface area (Å²) in [6.45, 7) is 1.35. The van der Waals surface area contributed by atoms with Gasteiger partial charge in [-0.15, -0.1) is 0 Å². The molecular formula is C10H16N2O. The Morgan fingerprint density at radius 2 is 2.31 bits per heavy atom. The third kappa shape index (κ3) is 2.10. The summed E-state index contributed by atoms with van der Waals surface area (Å²) in [4.78, 5) is 0. The first-order valence-corrected chi connectivity index (χ1v) is 4.93. The number of aryl methyl sites for hydroxylation is 1. The van der Waals surface area contributed by atoms with Gasteiger partial charge in [0.05, 0.1) is 0 Å². The standard InChI is InChI=1S/C10H16N2O/c13-9-10(4-5-10)3-1-7-12-8-2-6-11-12/h2,6,8,13H,1,3-5,7,9H2. The van der Waals surface area contributed by atoms with Crippen LogP contribution in [0.2, 0.25) is 0 Å². The highest BCUT2D eigenvalue weighted by Crippen LogP contribution is 2.48. The fourth-order valence-corrected chi connectivity index (χ4v) is 1.71. The SMILES string of the molecule is OCC1(CCCn2cccn2)CC1. The van der Waals surface area contributed by atoms with Crippen molar-refractivity contribution >= 4 is 0 Å². The van der Waals surface area contributed by atoms with Crippen molar-refractivity contribution in [1.82, 2.24) is 9.78 Å². The molecule has 0 spiro atoms. The van der Waals surface area contributed by atoms with Gasteiger partial charge in [0.2, 0.25) is 0 Å². The fourth-order valence-electron chi connectivity index (χ4n) is 1.71. The second-order valence-corrected chi connectivity index (χ2v) is 4.03. The molecule has 72 valence electrons. The molecule has 3 heteroatoms. The van der Waals surface area contributed by atoms with E-state index in [1.807, 2.05) is 16.9 Å². The van der Waals surface area contributed by atoms with Crippen LogP contribution in [0, 0.1) is 5.41 Å². The first-order chi connectivity index (χ1) is 6.35. The van der Waals surface area contributed by atoms with Gasteiger partial charge in [-0.3, -0.25) is 4.68 Å². The highest BCUT2D eigenvalue weighted by molar-refractivity contribution is 4.92. The molecule has 1 aliphatic rings. The third-order valence-corrected chi connectivity index (χ3v) is 2.95. The quantitative estimate of drug-likeness (QED) is 0.744. The van der Waals surface area contributed by atoms with Gasteiger partial charge < -0.3 is 5.11 Å².